The van der Waals surface area contributed by atoms with Gasteiger partial charge in [-0.25, -0.2) is 0 Å². The van der Waals surface area contributed by atoms with Crippen molar-refractivity contribution in [3.63, 3.8) is 0 Å². The van der Waals surface area contributed by atoms with Gasteiger partial charge in [-0.05, 0) is 32.0 Å². The predicted octanol–water partition coefficient (Wildman–Crippen LogP) is 2.69. The Labute approximate surface area is 118 Å². The molecule has 0 fully saturated rings. The quantitative estimate of drug-likeness (QED) is 0.851. The summed E-state index contributed by atoms with van der Waals surface area (Å²) in [6.07, 6.45) is 0.338. The summed E-state index contributed by atoms with van der Waals surface area (Å²) in [6, 6.07) is 11.1. The van der Waals surface area contributed by atoms with E-state index in [0.29, 0.717) is 18.8 Å². The van der Waals surface area contributed by atoms with Gasteiger partial charge in [0.15, 0.2) is 0 Å². The third kappa shape index (κ3) is 3.48. The summed E-state index contributed by atoms with van der Waals surface area (Å²) >= 11 is 0. The maximum Gasteiger partial charge on any atom is 0.323 e. The first-order valence-corrected chi connectivity index (χ1v) is 6.68. The molecule has 0 saturated heterocycles. The molecular weight excluding hydrogens is 254 g/mol. The first kappa shape index (κ1) is 14.3. The van der Waals surface area contributed by atoms with Crippen molar-refractivity contribution in [2.75, 3.05) is 6.61 Å². The third-order valence-corrected chi connectivity index (χ3v) is 2.97. The summed E-state index contributed by atoms with van der Waals surface area (Å²) in [4.78, 5) is 11.5. The Morgan fingerprint density at radius 3 is 2.85 bits per heavy atom. The van der Waals surface area contributed by atoms with Gasteiger partial charge < -0.3 is 14.9 Å². The average Bonchev–Trinajstić information content (AvgIpc) is 2.87. The minimum absolute atomic E-state index is 0.333. The van der Waals surface area contributed by atoms with Crippen LogP contribution in [0.15, 0.2) is 40.8 Å². The number of esters is 1. The number of ether oxygens (including phenoxy) is 1. The summed E-state index contributed by atoms with van der Waals surface area (Å²) in [7, 11) is 0. The zero-order valence-electron chi connectivity index (χ0n) is 11.8. The van der Waals surface area contributed by atoms with Crippen LogP contribution in [0.3, 0.4) is 0 Å². The van der Waals surface area contributed by atoms with Crippen LogP contribution in [0.2, 0.25) is 0 Å². The highest BCUT2D eigenvalue weighted by atomic mass is 16.5. The maximum atomic E-state index is 11.5. The highest BCUT2D eigenvalue weighted by molar-refractivity contribution is 5.75. The smallest absolute Gasteiger partial charge is 0.323 e. The van der Waals surface area contributed by atoms with Crippen molar-refractivity contribution in [2.24, 2.45) is 5.73 Å². The Kier molecular flexibility index (Phi) is 4.58. The number of benzene rings is 1. The molecule has 0 aliphatic heterocycles. The van der Waals surface area contributed by atoms with E-state index in [1.54, 1.807) is 6.92 Å². The summed E-state index contributed by atoms with van der Waals surface area (Å²) < 4.78 is 10.6. The van der Waals surface area contributed by atoms with Crippen molar-refractivity contribution in [1.82, 2.24) is 0 Å². The van der Waals surface area contributed by atoms with E-state index in [4.69, 9.17) is 14.9 Å². The topological polar surface area (TPSA) is 65.5 Å². The van der Waals surface area contributed by atoms with Crippen LogP contribution in [0.4, 0.5) is 0 Å². The molecule has 106 valence electrons. The zero-order chi connectivity index (χ0) is 14.5. The van der Waals surface area contributed by atoms with Crippen LogP contribution < -0.4 is 5.73 Å². The fraction of sp³-hybridized carbons (Fsp3) is 0.312. The van der Waals surface area contributed by atoms with Crippen LogP contribution in [0.5, 0.6) is 0 Å². The lowest BCUT2D eigenvalue weighted by Crippen LogP contribution is -2.34. The van der Waals surface area contributed by atoms with Gasteiger partial charge in [-0.2, -0.15) is 0 Å². The molecule has 4 nitrogen and oxygen atoms in total. The molecule has 0 bridgehead atoms. The second kappa shape index (κ2) is 6.39. The third-order valence-electron chi connectivity index (χ3n) is 2.97. The molecule has 0 aliphatic rings. The monoisotopic (exact) mass is 273 g/mol. The lowest BCUT2D eigenvalue weighted by Gasteiger charge is -2.08. The molecule has 1 aromatic carbocycles. The van der Waals surface area contributed by atoms with Crippen molar-refractivity contribution in [2.45, 2.75) is 26.3 Å². The van der Waals surface area contributed by atoms with Crippen LogP contribution >= 0.6 is 0 Å². The molecule has 2 aromatic rings. The fourth-order valence-electron chi connectivity index (χ4n) is 1.99. The Morgan fingerprint density at radius 2 is 2.15 bits per heavy atom. The van der Waals surface area contributed by atoms with E-state index in [2.05, 4.69) is 0 Å². The van der Waals surface area contributed by atoms with Gasteiger partial charge in [0, 0.05) is 12.0 Å². The van der Waals surface area contributed by atoms with E-state index >= 15 is 0 Å². The number of hydrogen-bond acceptors (Lipinski definition) is 4. The van der Waals surface area contributed by atoms with Crippen LogP contribution in [-0.4, -0.2) is 18.6 Å². The molecule has 4 heteroatoms. The van der Waals surface area contributed by atoms with E-state index in [-0.39, 0.29) is 0 Å². The Hall–Kier alpha value is -2.07. The fourth-order valence-corrected chi connectivity index (χ4v) is 1.99. The first-order chi connectivity index (χ1) is 9.60. The molecule has 1 atom stereocenters. The van der Waals surface area contributed by atoms with Gasteiger partial charge in [-0.1, -0.05) is 23.8 Å². The first-order valence-electron chi connectivity index (χ1n) is 6.68. The number of carbonyl (C=O) groups excluding carboxylic acids is 1. The highest BCUT2D eigenvalue weighted by Gasteiger charge is 2.17. The molecule has 1 unspecified atom stereocenters. The van der Waals surface area contributed by atoms with Crippen LogP contribution in [-0.2, 0) is 16.0 Å². The van der Waals surface area contributed by atoms with Crippen molar-refractivity contribution < 1.29 is 13.9 Å². The lowest BCUT2D eigenvalue weighted by atomic mass is 10.1. The molecule has 1 heterocycles. The van der Waals surface area contributed by atoms with E-state index in [1.165, 1.54) is 5.56 Å². The number of nitrogens with two attached hydrogens (primary N) is 1. The molecular formula is C16H19NO3. The summed E-state index contributed by atoms with van der Waals surface area (Å²) in [5.41, 5.74) is 7.96. The number of rotatable bonds is 5. The van der Waals surface area contributed by atoms with Gasteiger partial charge in [0.05, 0.1) is 6.61 Å². The van der Waals surface area contributed by atoms with Crippen molar-refractivity contribution >= 4 is 5.97 Å². The van der Waals surface area contributed by atoms with E-state index in [9.17, 15) is 4.79 Å². The largest absolute Gasteiger partial charge is 0.465 e. The minimum Gasteiger partial charge on any atom is -0.465 e. The second-order valence-corrected chi connectivity index (χ2v) is 4.70. The van der Waals surface area contributed by atoms with E-state index < -0.39 is 12.0 Å². The number of carbonyl (C=O) groups is 1. The number of furan rings is 1. The molecule has 1 aromatic heterocycles. The Morgan fingerprint density at radius 1 is 1.35 bits per heavy atom. The molecule has 2 N–H and O–H groups in total. The number of hydrogen-bond donors (Lipinski definition) is 1. The second-order valence-electron chi connectivity index (χ2n) is 4.70. The summed E-state index contributed by atoms with van der Waals surface area (Å²) in [6.45, 7) is 4.12. The molecule has 0 radical (unpaired) electrons. The molecule has 20 heavy (non-hydrogen) atoms. The molecule has 0 saturated carbocycles. The Bertz CT molecular complexity index is 589. The lowest BCUT2D eigenvalue weighted by molar-refractivity contribution is -0.144. The molecule has 0 amide bonds. The predicted molar refractivity (Wildman–Crippen MR) is 77.2 cm³/mol. The summed E-state index contributed by atoms with van der Waals surface area (Å²) in [5.74, 6) is 1.06. The minimum atomic E-state index is -0.688. The van der Waals surface area contributed by atoms with Gasteiger partial charge in [-0.15, -0.1) is 0 Å². The standard InChI is InChI=1S/C16H19NO3/c1-3-19-16(18)14(17)10-13-7-8-15(20-13)12-6-4-5-11(2)9-12/h4-9,14H,3,10,17H2,1-2H3. The molecule has 0 aliphatic carbocycles. The SMILES string of the molecule is CCOC(=O)C(N)Cc1ccc(-c2cccc(C)c2)o1. The highest BCUT2D eigenvalue weighted by Crippen LogP contribution is 2.23. The summed E-state index contributed by atoms with van der Waals surface area (Å²) in [5, 5.41) is 0. The zero-order valence-corrected chi connectivity index (χ0v) is 11.8. The van der Waals surface area contributed by atoms with E-state index in [0.717, 1.165) is 11.3 Å². The van der Waals surface area contributed by atoms with Crippen molar-refractivity contribution in [3.05, 3.63) is 47.7 Å². The van der Waals surface area contributed by atoms with Crippen molar-refractivity contribution in [3.8, 4) is 11.3 Å². The van der Waals surface area contributed by atoms with Gasteiger partial charge in [0.1, 0.15) is 17.6 Å². The number of aryl methyl sites for hydroxylation is 1. The van der Waals surface area contributed by atoms with Crippen molar-refractivity contribution in [1.29, 1.82) is 0 Å². The van der Waals surface area contributed by atoms with Gasteiger partial charge >= 0.3 is 5.97 Å². The molecule has 2 rings (SSSR count). The van der Waals surface area contributed by atoms with Gasteiger partial charge in [0.2, 0.25) is 0 Å². The van der Waals surface area contributed by atoms with Crippen LogP contribution in [0.1, 0.15) is 18.2 Å². The molecule has 0 spiro atoms. The van der Waals surface area contributed by atoms with E-state index in [1.807, 2.05) is 43.3 Å². The maximum absolute atomic E-state index is 11.5. The Balaban J connectivity index is 2.08. The van der Waals surface area contributed by atoms with Crippen LogP contribution in [0.25, 0.3) is 11.3 Å². The van der Waals surface area contributed by atoms with Gasteiger partial charge in [-0.3, -0.25) is 4.79 Å². The average molecular weight is 273 g/mol. The van der Waals surface area contributed by atoms with Gasteiger partial charge in [0.25, 0.3) is 0 Å². The van der Waals surface area contributed by atoms with Crippen LogP contribution in [0, 0.1) is 6.92 Å². The normalized spacial score (nSPS) is 12.2.